The molecular weight excluding hydrogens is 352 g/mol. The molecule has 4 rings (SSSR count). The summed E-state index contributed by atoms with van der Waals surface area (Å²) < 4.78 is 5.36. The van der Waals surface area contributed by atoms with Crippen molar-refractivity contribution in [2.75, 3.05) is 19.4 Å². The topological polar surface area (TPSA) is 37.0 Å². The van der Waals surface area contributed by atoms with Crippen LogP contribution in [-0.4, -0.2) is 30.4 Å². The molecule has 3 aromatic rings. The highest BCUT2D eigenvalue weighted by Crippen LogP contribution is 2.28. The zero-order valence-electron chi connectivity index (χ0n) is 15.7. The minimum atomic E-state index is 0.570. The Labute approximate surface area is 165 Å². The number of nitrogens with one attached hydrogen (secondary N) is 2. The van der Waals surface area contributed by atoms with Crippen LogP contribution in [0.5, 0.6) is 5.75 Å². The first-order chi connectivity index (χ1) is 13.3. The molecule has 27 heavy (non-hydrogen) atoms. The summed E-state index contributed by atoms with van der Waals surface area (Å²) >= 11 is 2.01. The van der Waals surface area contributed by atoms with Crippen LogP contribution >= 0.6 is 11.8 Å². The Kier molecular flexibility index (Phi) is 5.85. The van der Waals surface area contributed by atoms with Crippen molar-refractivity contribution >= 4 is 28.2 Å². The summed E-state index contributed by atoms with van der Waals surface area (Å²) in [5.41, 5.74) is 5.38. The van der Waals surface area contributed by atoms with Crippen molar-refractivity contribution in [2.45, 2.75) is 24.6 Å². The second-order valence-corrected chi connectivity index (χ2v) is 8.08. The van der Waals surface area contributed by atoms with E-state index in [1.807, 2.05) is 17.8 Å². The first kappa shape index (κ1) is 18.2. The van der Waals surface area contributed by atoms with Gasteiger partial charge in [-0.25, -0.2) is 0 Å². The summed E-state index contributed by atoms with van der Waals surface area (Å²) in [4.78, 5) is 3.37. The Morgan fingerprint density at radius 1 is 1.15 bits per heavy atom. The fraction of sp³-hybridized carbons (Fsp3) is 0.304. The van der Waals surface area contributed by atoms with E-state index in [1.54, 1.807) is 7.11 Å². The van der Waals surface area contributed by atoms with Gasteiger partial charge in [-0.1, -0.05) is 36.4 Å². The maximum Gasteiger partial charge on any atom is 0.119 e. The van der Waals surface area contributed by atoms with Crippen LogP contribution in [0.2, 0.25) is 0 Å². The third-order valence-corrected chi connectivity index (χ3v) is 6.25. The maximum absolute atomic E-state index is 5.36. The number of fused-ring (bicyclic) bond motifs is 1. The quantitative estimate of drug-likeness (QED) is 0.552. The monoisotopic (exact) mass is 378 g/mol. The molecule has 1 aromatic heterocycles. The first-order valence-electron chi connectivity index (χ1n) is 9.53. The fourth-order valence-corrected chi connectivity index (χ4v) is 4.73. The molecule has 0 aliphatic carbocycles. The van der Waals surface area contributed by atoms with Crippen molar-refractivity contribution in [3.63, 3.8) is 0 Å². The molecule has 1 aliphatic heterocycles. The number of methoxy groups -OCH3 is 1. The van der Waals surface area contributed by atoms with Gasteiger partial charge in [0.25, 0.3) is 0 Å². The van der Waals surface area contributed by atoms with Crippen LogP contribution in [0, 0.1) is 0 Å². The Bertz CT molecular complexity index is 917. The van der Waals surface area contributed by atoms with Crippen molar-refractivity contribution < 1.29 is 4.74 Å². The first-order valence-corrected chi connectivity index (χ1v) is 10.7. The lowest BCUT2D eigenvalue weighted by Gasteiger charge is -2.24. The van der Waals surface area contributed by atoms with E-state index >= 15 is 0 Å². The lowest BCUT2D eigenvalue weighted by Crippen LogP contribution is -2.33. The molecule has 0 fully saturated rings. The Morgan fingerprint density at radius 2 is 2.04 bits per heavy atom. The molecule has 3 nitrogen and oxygen atoms in total. The van der Waals surface area contributed by atoms with E-state index in [9.17, 15) is 0 Å². The van der Waals surface area contributed by atoms with Gasteiger partial charge >= 0.3 is 0 Å². The smallest absolute Gasteiger partial charge is 0.119 e. The van der Waals surface area contributed by atoms with Crippen LogP contribution in [0.15, 0.2) is 60.8 Å². The molecule has 1 aliphatic rings. The van der Waals surface area contributed by atoms with E-state index in [1.165, 1.54) is 34.0 Å². The number of aromatic nitrogens is 1. The summed E-state index contributed by atoms with van der Waals surface area (Å²) in [7, 11) is 1.72. The molecule has 2 aromatic carbocycles. The molecule has 4 heteroatoms. The number of thioether (sulfide) groups is 1. The van der Waals surface area contributed by atoms with Gasteiger partial charge in [0, 0.05) is 35.4 Å². The average molecular weight is 379 g/mol. The fourth-order valence-electron chi connectivity index (χ4n) is 3.67. The van der Waals surface area contributed by atoms with Crippen molar-refractivity contribution in [2.24, 2.45) is 0 Å². The van der Waals surface area contributed by atoms with Gasteiger partial charge in [0.15, 0.2) is 0 Å². The predicted octanol–water partition coefficient (Wildman–Crippen LogP) is 5.25. The molecule has 0 spiro atoms. The Morgan fingerprint density at radius 3 is 2.89 bits per heavy atom. The number of rotatable bonds is 7. The van der Waals surface area contributed by atoms with Crippen molar-refractivity contribution in [1.29, 1.82) is 0 Å². The van der Waals surface area contributed by atoms with Crippen LogP contribution < -0.4 is 10.1 Å². The normalized spacial score (nSPS) is 17.1. The largest absolute Gasteiger partial charge is 0.497 e. The molecule has 0 saturated heterocycles. The molecule has 0 radical (unpaired) electrons. The standard InChI is InChI=1S/C23H26N2OS/c1-26-21-7-8-23-22(14-21)19(15-25-23)16-27-12-10-20-13-18(9-11-24-20)17-5-3-2-4-6-17/h2-9,14-15,20,24-25H,10-13,16H2,1H3/t20-/m1/s1. The van der Waals surface area contributed by atoms with E-state index in [-0.39, 0.29) is 0 Å². The lowest BCUT2D eigenvalue weighted by molar-refractivity contribution is 0.415. The summed E-state index contributed by atoms with van der Waals surface area (Å²) in [6.45, 7) is 0.974. The van der Waals surface area contributed by atoms with E-state index < -0.39 is 0 Å². The van der Waals surface area contributed by atoms with Crippen molar-refractivity contribution in [3.8, 4) is 5.75 Å². The van der Waals surface area contributed by atoms with Gasteiger partial charge in [-0.3, -0.25) is 0 Å². The molecule has 1 atom stereocenters. The van der Waals surface area contributed by atoms with Crippen molar-refractivity contribution in [3.05, 3.63) is 71.9 Å². The molecule has 0 amide bonds. The zero-order chi connectivity index (χ0) is 18.5. The number of ether oxygens (including phenoxy) is 1. The number of hydrogen-bond donors (Lipinski definition) is 2. The Hall–Kier alpha value is -2.17. The van der Waals surface area contributed by atoms with Crippen LogP contribution in [0.1, 0.15) is 24.0 Å². The maximum atomic E-state index is 5.36. The average Bonchev–Trinajstić information content (AvgIpc) is 3.14. The third kappa shape index (κ3) is 4.40. The third-order valence-electron chi connectivity index (χ3n) is 5.21. The minimum absolute atomic E-state index is 0.570. The highest BCUT2D eigenvalue weighted by molar-refractivity contribution is 7.98. The second kappa shape index (κ2) is 8.68. The van der Waals surface area contributed by atoms with E-state index in [4.69, 9.17) is 4.74 Å². The number of aromatic amines is 1. The van der Waals surface area contributed by atoms with Crippen molar-refractivity contribution in [1.82, 2.24) is 10.3 Å². The van der Waals surface area contributed by atoms with Crippen LogP contribution in [0.4, 0.5) is 0 Å². The summed E-state index contributed by atoms with van der Waals surface area (Å²) in [5, 5.41) is 4.92. The number of hydrogen-bond acceptors (Lipinski definition) is 3. The molecule has 140 valence electrons. The van der Waals surface area contributed by atoms with Gasteiger partial charge < -0.3 is 15.0 Å². The number of H-pyrrole nitrogens is 1. The van der Waals surface area contributed by atoms with Gasteiger partial charge in [0.2, 0.25) is 0 Å². The van der Waals surface area contributed by atoms with E-state index in [0.29, 0.717) is 6.04 Å². The van der Waals surface area contributed by atoms with Gasteiger partial charge in [-0.05, 0) is 53.5 Å². The Balaban J connectivity index is 1.29. The predicted molar refractivity (Wildman–Crippen MR) is 116 cm³/mol. The lowest BCUT2D eigenvalue weighted by atomic mass is 9.94. The number of benzene rings is 2. The van der Waals surface area contributed by atoms with Crippen LogP contribution in [-0.2, 0) is 5.75 Å². The highest BCUT2D eigenvalue weighted by atomic mass is 32.2. The zero-order valence-corrected chi connectivity index (χ0v) is 16.5. The summed E-state index contributed by atoms with van der Waals surface area (Å²) in [5.74, 6) is 3.11. The molecule has 0 bridgehead atoms. The molecule has 2 N–H and O–H groups in total. The molecule has 2 heterocycles. The van der Waals surface area contributed by atoms with Crippen LogP contribution in [0.25, 0.3) is 16.5 Å². The van der Waals surface area contributed by atoms with Gasteiger partial charge in [0.1, 0.15) is 5.75 Å². The van der Waals surface area contributed by atoms with Gasteiger partial charge in [-0.2, -0.15) is 11.8 Å². The highest BCUT2D eigenvalue weighted by Gasteiger charge is 2.15. The van der Waals surface area contributed by atoms with Crippen LogP contribution in [0.3, 0.4) is 0 Å². The second-order valence-electron chi connectivity index (χ2n) is 6.97. The minimum Gasteiger partial charge on any atom is -0.497 e. The molecular formula is C23H26N2OS. The van der Waals surface area contributed by atoms with Gasteiger partial charge in [0.05, 0.1) is 7.11 Å². The van der Waals surface area contributed by atoms with E-state index in [2.05, 4.69) is 65.0 Å². The molecule has 0 unspecified atom stereocenters. The van der Waals surface area contributed by atoms with E-state index in [0.717, 1.165) is 30.2 Å². The SMILES string of the molecule is COc1ccc2[nH]cc(CSCC[C@@H]3CC(c4ccccc4)=CCN3)c2c1. The summed E-state index contributed by atoms with van der Waals surface area (Å²) in [6.07, 6.45) is 6.78. The van der Waals surface area contributed by atoms with Gasteiger partial charge in [-0.15, -0.1) is 0 Å². The molecule has 0 saturated carbocycles. The summed E-state index contributed by atoms with van der Waals surface area (Å²) in [6, 6.07) is 17.6.